The summed E-state index contributed by atoms with van der Waals surface area (Å²) in [5.41, 5.74) is 1.27. The smallest absolute Gasteiger partial charge is 0.285 e. The van der Waals surface area contributed by atoms with Gasteiger partial charge in [0.1, 0.15) is 10.6 Å². The highest BCUT2D eigenvalue weighted by Gasteiger charge is 2.32. The molecular formula is C18H19N3O4S. The quantitative estimate of drug-likeness (QED) is 0.638. The van der Waals surface area contributed by atoms with Crippen LogP contribution in [0, 0.1) is 0 Å². The lowest BCUT2D eigenvalue weighted by atomic mass is 10.2. The largest absolute Gasteiger partial charge is 0.497 e. The van der Waals surface area contributed by atoms with E-state index in [-0.39, 0.29) is 17.3 Å². The van der Waals surface area contributed by atoms with Crippen LogP contribution in [0.3, 0.4) is 0 Å². The van der Waals surface area contributed by atoms with Crippen LogP contribution in [-0.4, -0.2) is 50.3 Å². The van der Waals surface area contributed by atoms with Crippen LogP contribution in [0.2, 0.25) is 0 Å². The van der Waals surface area contributed by atoms with Crippen LogP contribution < -0.4 is 4.74 Å². The normalized spacial score (nSPS) is 16.2. The molecule has 2 aromatic carbocycles. The van der Waals surface area contributed by atoms with Crippen LogP contribution in [0.1, 0.15) is 18.1 Å². The van der Waals surface area contributed by atoms with Gasteiger partial charge in [0.15, 0.2) is 5.84 Å². The predicted octanol–water partition coefficient (Wildman–Crippen LogP) is 1.86. The summed E-state index contributed by atoms with van der Waals surface area (Å²) in [6, 6.07) is 13.8. The molecule has 1 atom stereocenters. The lowest BCUT2D eigenvalue weighted by Crippen LogP contribution is -2.32. The van der Waals surface area contributed by atoms with Crippen molar-refractivity contribution in [1.29, 1.82) is 0 Å². The summed E-state index contributed by atoms with van der Waals surface area (Å²) >= 11 is 0. The second-order valence-electron chi connectivity index (χ2n) is 5.83. The van der Waals surface area contributed by atoms with Gasteiger partial charge in [-0.1, -0.05) is 12.1 Å². The van der Waals surface area contributed by atoms with Crippen LogP contribution in [-0.2, 0) is 10.0 Å². The van der Waals surface area contributed by atoms with Gasteiger partial charge in [-0.25, -0.2) is 5.01 Å². The van der Waals surface area contributed by atoms with E-state index in [1.54, 1.807) is 50.6 Å². The molecule has 0 aromatic heterocycles. The number of ether oxygens (including phenoxy) is 1. The highest BCUT2D eigenvalue weighted by Crippen LogP contribution is 2.27. The molecule has 1 N–H and O–H groups in total. The van der Waals surface area contributed by atoms with Gasteiger partial charge in [-0.05, 0) is 48.9 Å². The Morgan fingerprint density at radius 3 is 2.58 bits per heavy atom. The molecule has 1 heterocycles. The number of hydrogen-bond donors (Lipinski definition) is 1. The summed E-state index contributed by atoms with van der Waals surface area (Å²) in [5.74, 6) is 0.925. The number of amidine groups is 1. The van der Waals surface area contributed by atoms with Crippen molar-refractivity contribution in [1.82, 2.24) is 5.01 Å². The minimum atomic E-state index is -3.75. The average Bonchev–Trinajstić information content (AvgIpc) is 2.90. The number of fused-ring (bicyclic) bond motifs is 1. The minimum Gasteiger partial charge on any atom is -0.497 e. The maximum Gasteiger partial charge on any atom is 0.285 e. The van der Waals surface area contributed by atoms with Gasteiger partial charge in [-0.15, -0.1) is 4.40 Å². The Hall–Kier alpha value is -2.71. The molecule has 0 saturated heterocycles. The van der Waals surface area contributed by atoms with Crippen molar-refractivity contribution in [2.24, 2.45) is 9.50 Å². The molecule has 0 bridgehead atoms. The van der Waals surface area contributed by atoms with Gasteiger partial charge < -0.3 is 9.84 Å². The lowest BCUT2D eigenvalue weighted by molar-refractivity contribution is 0.161. The SMILES string of the molecule is COc1ccc(/C=N\N(C[C@@H](C)O)C2=NS(=O)(=O)c3ccccc32)cc1. The van der Waals surface area contributed by atoms with Gasteiger partial charge in [0, 0.05) is 5.56 Å². The van der Waals surface area contributed by atoms with Crippen molar-refractivity contribution in [2.75, 3.05) is 13.7 Å². The van der Waals surface area contributed by atoms with Crippen LogP contribution in [0.25, 0.3) is 0 Å². The van der Waals surface area contributed by atoms with Gasteiger partial charge in [0.2, 0.25) is 0 Å². The molecule has 2 aromatic rings. The van der Waals surface area contributed by atoms with E-state index in [0.29, 0.717) is 5.56 Å². The number of sulfonamides is 1. The summed E-state index contributed by atoms with van der Waals surface area (Å²) < 4.78 is 33.5. The van der Waals surface area contributed by atoms with Crippen molar-refractivity contribution >= 4 is 22.1 Å². The van der Waals surface area contributed by atoms with E-state index in [4.69, 9.17) is 4.74 Å². The van der Waals surface area contributed by atoms with Gasteiger partial charge in [0.05, 0.1) is 26.0 Å². The van der Waals surface area contributed by atoms with Crippen LogP contribution >= 0.6 is 0 Å². The molecule has 8 heteroatoms. The molecule has 1 aliphatic rings. The number of hydrazone groups is 1. The molecule has 0 amide bonds. The zero-order valence-corrected chi connectivity index (χ0v) is 15.2. The number of aliphatic hydroxyl groups excluding tert-OH is 1. The molecule has 3 rings (SSSR count). The van der Waals surface area contributed by atoms with E-state index >= 15 is 0 Å². The second-order valence-corrected chi connectivity index (χ2v) is 7.41. The summed E-state index contributed by atoms with van der Waals surface area (Å²) in [6.45, 7) is 1.71. The number of methoxy groups -OCH3 is 1. The highest BCUT2D eigenvalue weighted by atomic mass is 32.2. The Bertz CT molecular complexity index is 951. The first-order chi connectivity index (χ1) is 12.4. The maximum absolute atomic E-state index is 12.3. The summed E-state index contributed by atoms with van der Waals surface area (Å²) in [4.78, 5) is 0.144. The fourth-order valence-electron chi connectivity index (χ4n) is 2.54. The molecule has 0 spiro atoms. The summed E-state index contributed by atoms with van der Waals surface area (Å²) in [7, 11) is -2.17. The first kappa shape index (κ1) is 18.1. The van der Waals surface area contributed by atoms with E-state index in [1.807, 2.05) is 12.1 Å². The first-order valence-corrected chi connectivity index (χ1v) is 9.43. The summed E-state index contributed by atoms with van der Waals surface area (Å²) in [5, 5.41) is 15.5. The number of hydrogen-bond acceptors (Lipinski definition) is 6. The van der Waals surface area contributed by atoms with Gasteiger partial charge in [-0.3, -0.25) is 0 Å². The topological polar surface area (TPSA) is 91.6 Å². The zero-order chi connectivity index (χ0) is 18.7. The Kier molecular flexibility index (Phi) is 5.06. The van der Waals surface area contributed by atoms with E-state index in [2.05, 4.69) is 9.50 Å². The van der Waals surface area contributed by atoms with E-state index < -0.39 is 16.1 Å². The fraction of sp³-hybridized carbons (Fsp3) is 0.222. The van der Waals surface area contributed by atoms with Crippen molar-refractivity contribution in [3.63, 3.8) is 0 Å². The van der Waals surface area contributed by atoms with Crippen molar-refractivity contribution in [3.05, 3.63) is 59.7 Å². The molecule has 1 aliphatic heterocycles. The van der Waals surface area contributed by atoms with Gasteiger partial charge in [0.25, 0.3) is 10.0 Å². The van der Waals surface area contributed by atoms with E-state index in [9.17, 15) is 13.5 Å². The average molecular weight is 373 g/mol. The van der Waals surface area contributed by atoms with Crippen molar-refractivity contribution in [2.45, 2.75) is 17.9 Å². The predicted molar refractivity (Wildman–Crippen MR) is 99.1 cm³/mol. The van der Waals surface area contributed by atoms with Gasteiger partial charge >= 0.3 is 0 Å². The molecule has 7 nitrogen and oxygen atoms in total. The molecule has 0 radical (unpaired) electrons. The third-order valence-corrected chi connectivity index (χ3v) is 5.08. The number of rotatable bonds is 5. The Balaban J connectivity index is 1.95. The Morgan fingerprint density at radius 2 is 1.92 bits per heavy atom. The van der Waals surface area contributed by atoms with Crippen LogP contribution in [0.4, 0.5) is 0 Å². The molecule has 0 unspecified atom stereocenters. The number of benzene rings is 2. The molecule has 0 fully saturated rings. The standard InChI is InChI=1S/C18H19N3O4S/c1-13(22)12-21(19-11-14-7-9-15(25-2)10-8-14)18-16-5-3-4-6-17(16)26(23,24)20-18/h3-11,13,22H,12H2,1-2H3/b19-11-/t13-/m1/s1. The maximum atomic E-state index is 12.3. The molecule has 136 valence electrons. The van der Waals surface area contributed by atoms with Crippen LogP contribution in [0.15, 0.2) is 62.9 Å². The zero-order valence-electron chi connectivity index (χ0n) is 14.4. The number of aliphatic hydroxyl groups is 1. The van der Waals surface area contributed by atoms with Gasteiger partial charge in [-0.2, -0.15) is 13.5 Å². The molecule has 26 heavy (non-hydrogen) atoms. The minimum absolute atomic E-state index is 0.106. The lowest BCUT2D eigenvalue weighted by Gasteiger charge is -2.20. The number of nitrogens with zero attached hydrogens (tertiary/aromatic N) is 3. The summed E-state index contributed by atoms with van der Waals surface area (Å²) in [6.07, 6.45) is 0.860. The van der Waals surface area contributed by atoms with E-state index in [1.165, 1.54) is 11.1 Å². The van der Waals surface area contributed by atoms with Crippen LogP contribution in [0.5, 0.6) is 5.75 Å². The Labute approximate surface area is 152 Å². The molecular weight excluding hydrogens is 354 g/mol. The third-order valence-electron chi connectivity index (χ3n) is 3.76. The fourth-order valence-corrected chi connectivity index (χ4v) is 3.75. The highest BCUT2D eigenvalue weighted by molar-refractivity contribution is 7.90. The van der Waals surface area contributed by atoms with E-state index in [0.717, 1.165) is 11.3 Å². The second kappa shape index (κ2) is 7.27. The molecule has 0 aliphatic carbocycles. The Morgan fingerprint density at radius 1 is 1.23 bits per heavy atom. The van der Waals surface area contributed by atoms with Crippen molar-refractivity contribution < 1.29 is 18.3 Å². The monoisotopic (exact) mass is 373 g/mol. The third kappa shape index (κ3) is 3.76. The first-order valence-electron chi connectivity index (χ1n) is 7.99. The van der Waals surface area contributed by atoms with Crippen molar-refractivity contribution in [3.8, 4) is 5.75 Å². The molecule has 0 saturated carbocycles.